The number of hydrogen-bond acceptors (Lipinski definition) is 5. The topological polar surface area (TPSA) is 54.0 Å². The fraction of sp³-hybridized carbons (Fsp3) is 0.381. The normalized spacial score (nSPS) is 10.7. The van der Waals surface area contributed by atoms with Crippen molar-refractivity contribution in [3.05, 3.63) is 47.5 Å². The van der Waals surface area contributed by atoms with Crippen LogP contribution < -0.4 is 18.9 Å². The van der Waals surface area contributed by atoms with Crippen LogP contribution in [0, 0.1) is 0 Å². The molecule has 5 nitrogen and oxygen atoms in total. The summed E-state index contributed by atoms with van der Waals surface area (Å²) in [6.45, 7) is 8.02. The van der Waals surface area contributed by atoms with Crippen LogP contribution in [0.25, 0.3) is 0 Å². The lowest BCUT2D eigenvalue weighted by Crippen LogP contribution is -2.11. The molecule has 0 atom stereocenters. The van der Waals surface area contributed by atoms with Gasteiger partial charge in [-0.25, -0.2) is 0 Å². The standard InChI is InChI=1S/C21H26O5/c1-14(2)25-19-10-17(12-22)11-20(26-15(3)4)21(19)24-13-16-6-8-18(23-5)9-7-16/h6-12,14-15H,13H2,1-5H3. The monoisotopic (exact) mass is 358 g/mol. The smallest absolute Gasteiger partial charge is 0.203 e. The molecular formula is C21H26O5. The summed E-state index contributed by atoms with van der Waals surface area (Å²) in [6.07, 6.45) is 0.646. The second kappa shape index (κ2) is 9.13. The molecule has 0 aromatic heterocycles. The number of carbonyl (C=O) groups excluding carboxylic acids is 1. The largest absolute Gasteiger partial charge is 0.497 e. The maximum atomic E-state index is 11.3. The number of benzene rings is 2. The van der Waals surface area contributed by atoms with Crippen LogP contribution in [0.4, 0.5) is 0 Å². The summed E-state index contributed by atoms with van der Waals surface area (Å²) in [5.41, 5.74) is 1.46. The zero-order chi connectivity index (χ0) is 19.1. The van der Waals surface area contributed by atoms with Gasteiger partial charge in [-0.15, -0.1) is 0 Å². The molecule has 0 fully saturated rings. The molecule has 0 radical (unpaired) electrons. The summed E-state index contributed by atoms with van der Waals surface area (Å²) < 4.78 is 22.9. The number of aldehydes is 1. The fourth-order valence-electron chi connectivity index (χ4n) is 2.37. The zero-order valence-corrected chi connectivity index (χ0v) is 15.9. The van der Waals surface area contributed by atoms with Crippen LogP contribution in [0.1, 0.15) is 43.6 Å². The molecule has 0 heterocycles. The first-order chi connectivity index (χ1) is 12.4. The van der Waals surface area contributed by atoms with Gasteiger partial charge in [0.25, 0.3) is 0 Å². The molecule has 0 amide bonds. The van der Waals surface area contributed by atoms with E-state index in [1.165, 1.54) is 0 Å². The first-order valence-corrected chi connectivity index (χ1v) is 8.65. The van der Waals surface area contributed by atoms with Crippen LogP contribution in [0.3, 0.4) is 0 Å². The Kier molecular flexibility index (Phi) is 6.89. The van der Waals surface area contributed by atoms with Crippen molar-refractivity contribution in [3.63, 3.8) is 0 Å². The van der Waals surface area contributed by atoms with Gasteiger partial charge in [-0.3, -0.25) is 4.79 Å². The molecule has 5 heteroatoms. The quantitative estimate of drug-likeness (QED) is 0.610. The van der Waals surface area contributed by atoms with Gasteiger partial charge in [-0.2, -0.15) is 0 Å². The lowest BCUT2D eigenvalue weighted by Gasteiger charge is -2.20. The second-order valence-electron chi connectivity index (χ2n) is 6.43. The van der Waals surface area contributed by atoms with E-state index in [2.05, 4.69) is 0 Å². The second-order valence-corrected chi connectivity index (χ2v) is 6.43. The predicted molar refractivity (Wildman–Crippen MR) is 101 cm³/mol. The van der Waals surface area contributed by atoms with Gasteiger partial charge >= 0.3 is 0 Å². The van der Waals surface area contributed by atoms with Gasteiger partial charge in [0.15, 0.2) is 11.5 Å². The minimum atomic E-state index is -0.0628. The van der Waals surface area contributed by atoms with Gasteiger partial charge in [0.05, 0.1) is 19.3 Å². The molecule has 2 aromatic carbocycles. The summed E-state index contributed by atoms with van der Waals surface area (Å²) >= 11 is 0. The molecule has 0 unspecified atom stereocenters. The van der Waals surface area contributed by atoms with E-state index in [0.29, 0.717) is 29.4 Å². The number of hydrogen-bond donors (Lipinski definition) is 0. The molecule has 0 spiro atoms. The zero-order valence-electron chi connectivity index (χ0n) is 15.9. The number of ether oxygens (including phenoxy) is 4. The molecule has 0 aliphatic rings. The Bertz CT molecular complexity index is 689. The molecule has 2 rings (SSSR count). The third-order valence-electron chi connectivity index (χ3n) is 3.45. The predicted octanol–water partition coefficient (Wildman–Crippen LogP) is 4.66. The Morgan fingerprint density at radius 3 is 1.88 bits per heavy atom. The van der Waals surface area contributed by atoms with E-state index in [1.807, 2.05) is 52.0 Å². The van der Waals surface area contributed by atoms with Crippen molar-refractivity contribution in [2.45, 2.75) is 46.5 Å². The highest BCUT2D eigenvalue weighted by Crippen LogP contribution is 2.40. The van der Waals surface area contributed by atoms with Crippen LogP contribution in [-0.4, -0.2) is 25.6 Å². The lowest BCUT2D eigenvalue weighted by molar-refractivity contribution is 0.112. The van der Waals surface area contributed by atoms with Crippen molar-refractivity contribution in [1.82, 2.24) is 0 Å². The van der Waals surface area contributed by atoms with E-state index in [1.54, 1.807) is 19.2 Å². The highest BCUT2D eigenvalue weighted by Gasteiger charge is 2.18. The van der Waals surface area contributed by atoms with Gasteiger partial charge in [0, 0.05) is 5.56 Å². The Balaban J connectivity index is 2.33. The third kappa shape index (κ3) is 5.41. The van der Waals surface area contributed by atoms with Crippen LogP contribution in [0.2, 0.25) is 0 Å². The van der Waals surface area contributed by atoms with Gasteiger partial charge < -0.3 is 18.9 Å². The summed E-state index contributed by atoms with van der Waals surface area (Å²) in [7, 11) is 1.63. The number of methoxy groups -OCH3 is 1. The molecular weight excluding hydrogens is 332 g/mol. The first-order valence-electron chi connectivity index (χ1n) is 8.65. The fourth-order valence-corrected chi connectivity index (χ4v) is 2.37. The maximum absolute atomic E-state index is 11.3. The van der Waals surface area contributed by atoms with Gasteiger partial charge in [0.2, 0.25) is 5.75 Å². The molecule has 0 saturated carbocycles. The van der Waals surface area contributed by atoms with Crippen molar-refractivity contribution >= 4 is 6.29 Å². The van der Waals surface area contributed by atoms with Crippen LogP contribution >= 0.6 is 0 Å². The van der Waals surface area contributed by atoms with Crippen LogP contribution in [0.5, 0.6) is 23.0 Å². The Hall–Kier alpha value is -2.69. The minimum absolute atomic E-state index is 0.0628. The van der Waals surface area contributed by atoms with E-state index < -0.39 is 0 Å². The molecule has 0 aliphatic heterocycles. The number of rotatable bonds is 9. The molecule has 140 valence electrons. The number of carbonyl (C=O) groups is 1. The summed E-state index contributed by atoms with van der Waals surface area (Å²) in [5.74, 6) is 2.27. The van der Waals surface area contributed by atoms with Crippen molar-refractivity contribution in [1.29, 1.82) is 0 Å². The molecule has 0 saturated heterocycles. The summed E-state index contributed by atoms with van der Waals surface area (Å²) in [6, 6.07) is 11.0. The minimum Gasteiger partial charge on any atom is -0.497 e. The van der Waals surface area contributed by atoms with Crippen LogP contribution in [0.15, 0.2) is 36.4 Å². The average Bonchev–Trinajstić information content (AvgIpc) is 2.60. The van der Waals surface area contributed by atoms with Crippen molar-refractivity contribution in [2.75, 3.05) is 7.11 Å². The van der Waals surface area contributed by atoms with Crippen molar-refractivity contribution in [3.8, 4) is 23.0 Å². The van der Waals surface area contributed by atoms with Crippen molar-refractivity contribution in [2.24, 2.45) is 0 Å². The Morgan fingerprint density at radius 1 is 0.923 bits per heavy atom. The van der Waals surface area contributed by atoms with E-state index in [-0.39, 0.29) is 12.2 Å². The average molecular weight is 358 g/mol. The molecule has 0 N–H and O–H groups in total. The van der Waals surface area contributed by atoms with Crippen molar-refractivity contribution < 1.29 is 23.7 Å². The molecule has 0 bridgehead atoms. The molecule has 0 aliphatic carbocycles. The SMILES string of the molecule is COc1ccc(COc2c(OC(C)C)cc(C=O)cc2OC(C)C)cc1. The van der Waals surface area contributed by atoms with Gasteiger partial charge in [-0.05, 0) is 57.5 Å². The van der Waals surface area contributed by atoms with E-state index in [4.69, 9.17) is 18.9 Å². The van der Waals surface area contributed by atoms with Gasteiger partial charge in [-0.1, -0.05) is 12.1 Å². The molecule has 2 aromatic rings. The van der Waals surface area contributed by atoms with Gasteiger partial charge in [0.1, 0.15) is 18.6 Å². The lowest BCUT2D eigenvalue weighted by atomic mass is 10.2. The van der Waals surface area contributed by atoms with E-state index in [9.17, 15) is 4.79 Å². The summed E-state index contributed by atoms with van der Waals surface area (Å²) in [5, 5.41) is 0. The Labute approximate surface area is 154 Å². The maximum Gasteiger partial charge on any atom is 0.203 e. The third-order valence-corrected chi connectivity index (χ3v) is 3.45. The molecule has 26 heavy (non-hydrogen) atoms. The Morgan fingerprint density at radius 2 is 1.46 bits per heavy atom. The van der Waals surface area contributed by atoms with Crippen LogP contribution in [-0.2, 0) is 6.61 Å². The highest BCUT2D eigenvalue weighted by molar-refractivity contribution is 5.78. The highest BCUT2D eigenvalue weighted by atomic mass is 16.5. The van der Waals surface area contributed by atoms with E-state index in [0.717, 1.165) is 17.6 Å². The van der Waals surface area contributed by atoms with E-state index >= 15 is 0 Å². The summed E-state index contributed by atoms with van der Waals surface area (Å²) in [4.78, 5) is 11.3. The first kappa shape index (κ1) is 19.6.